The van der Waals surface area contributed by atoms with Gasteiger partial charge in [0.15, 0.2) is 0 Å². The van der Waals surface area contributed by atoms with Crippen molar-refractivity contribution < 1.29 is 20.1 Å². The second-order valence-corrected chi connectivity index (χ2v) is 6.55. The number of fused-ring (bicyclic) bond motifs is 3. The molecule has 0 spiro atoms. The molecular formula is C24H17IrN2-. The number of rotatable bonds is 2. The van der Waals surface area contributed by atoms with Crippen molar-refractivity contribution in [1.82, 2.24) is 9.55 Å². The number of hydrogen-bond acceptors (Lipinski definition) is 1. The summed E-state index contributed by atoms with van der Waals surface area (Å²) >= 11 is 0. The van der Waals surface area contributed by atoms with Gasteiger partial charge in [0.2, 0.25) is 0 Å². The molecule has 2 heterocycles. The van der Waals surface area contributed by atoms with Crippen LogP contribution in [0, 0.1) is 13.0 Å². The van der Waals surface area contributed by atoms with Crippen molar-refractivity contribution >= 4 is 21.8 Å². The van der Waals surface area contributed by atoms with Crippen molar-refractivity contribution in [2.45, 2.75) is 6.92 Å². The molecule has 5 rings (SSSR count). The van der Waals surface area contributed by atoms with Gasteiger partial charge in [-0.25, -0.2) is 0 Å². The molecule has 0 atom stereocenters. The van der Waals surface area contributed by atoms with Gasteiger partial charge in [-0.1, -0.05) is 48.0 Å². The van der Waals surface area contributed by atoms with Gasteiger partial charge in [0.05, 0.1) is 0 Å². The van der Waals surface area contributed by atoms with E-state index in [4.69, 9.17) is 0 Å². The normalized spacial score (nSPS) is 10.9. The van der Waals surface area contributed by atoms with E-state index in [-0.39, 0.29) is 20.1 Å². The predicted octanol–water partition coefficient (Wildman–Crippen LogP) is 5.95. The Labute approximate surface area is 171 Å². The second kappa shape index (κ2) is 7.11. The number of nitrogens with zero attached hydrogens (tertiary/aromatic N) is 2. The molecule has 0 aliphatic carbocycles. The fourth-order valence-corrected chi connectivity index (χ4v) is 3.60. The van der Waals surface area contributed by atoms with Crippen LogP contribution < -0.4 is 0 Å². The largest absolute Gasteiger partial charge is 0.351 e. The summed E-state index contributed by atoms with van der Waals surface area (Å²) < 4.78 is 2.30. The Morgan fingerprint density at radius 2 is 1.48 bits per heavy atom. The first-order chi connectivity index (χ1) is 12.8. The monoisotopic (exact) mass is 526 g/mol. The third-order valence-electron chi connectivity index (χ3n) is 4.83. The van der Waals surface area contributed by atoms with E-state index in [1.54, 1.807) is 0 Å². The second-order valence-electron chi connectivity index (χ2n) is 6.55. The third-order valence-corrected chi connectivity index (χ3v) is 4.83. The van der Waals surface area contributed by atoms with Crippen LogP contribution in [-0.4, -0.2) is 9.55 Å². The van der Waals surface area contributed by atoms with E-state index >= 15 is 0 Å². The number of para-hydroxylation sites is 2. The molecule has 0 aliphatic rings. The first kappa shape index (κ1) is 17.7. The van der Waals surface area contributed by atoms with Crippen LogP contribution >= 0.6 is 0 Å². The zero-order valence-electron chi connectivity index (χ0n) is 14.8. The van der Waals surface area contributed by atoms with E-state index < -0.39 is 0 Å². The van der Waals surface area contributed by atoms with Crippen LogP contribution in [-0.2, 0) is 20.1 Å². The molecule has 0 amide bonds. The maximum atomic E-state index is 4.46. The van der Waals surface area contributed by atoms with Crippen LogP contribution in [0.5, 0.6) is 0 Å². The molecule has 2 aromatic heterocycles. The zero-order chi connectivity index (χ0) is 17.5. The number of aromatic nitrogens is 2. The molecule has 0 fully saturated rings. The molecule has 3 aromatic carbocycles. The smallest absolute Gasteiger partial charge is 0.0452 e. The van der Waals surface area contributed by atoms with Crippen molar-refractivity contribution in [2.24, 2.45) is 0 Å². The summed E-state index contributed by atoms with van der Waals surface area (Å²) in [5.41, 5.74) is 6.71. The van der Waals surface area contributed by atoms with Crippen LogP contribution in [0.2, 0.25) is 0 Å². The maximum Gasteiger partial charge on any atom is 0.0452 e. The maximum absolute atomic E-state index is 4.46. The fraction of sp³-hybridized carbons (Fsp3) is 0.0417. The van der Waals surface area contributed by atoms with Crippen molar-refractivity contribution in [3.63, 3.8) is 0 Å². The first-order valence-electron chi connectivity index (χ1n) is 8.74. The fourth-order valence-electron chi connectivity index (χ4n) is 3.60. The summed E-state index contributed by atoms with van der Waals surface area (Å²) in [5, 5.41) is 2.54. The Morgan fingerprint density at radius 3 is 2.07 bits per heavy atom. The number of aryl methyl sites for hydroxylation is 1. The standard InChI is InChI=1S/C24H17N2.Ir/c1-17-14-15-25-22(16-17)18-10-12-19(13-11-18)26-23-8-4-2-6-20(23)21-7-3-5-9-24(21)26;/h2-10,12-16H,1H3;/q-1;. The van der Waals surface area contributed by atoms with Crippen LogP contribution in [0.15, 0.2) is 85.1 Å². The molecule has 0 N–H and O–H groups in total. The number of benzene rings is 3. The Balaban J connectivity index is 0.00000180. The molecule has 133 valence electrons. The van der Waals surface area contributed by atoms with Crippen molar-refractivity contribution in [1.29, 1.82) is 0 Å². The molecule has 27 heavy (non-hydrogen) atoms. The molecule has 0 unspecified atom stereocenters. The van der Waals surface area contributed by atoms with Gasteiger partial charge in [0, 0.05) is 48.1 Å². The van der Waals surface area contributed by atoms with Gasteiger partial charge >= 0.3 is 0 Å². The zero-order valence-corrected chi connectivity index (χ0v) is 17.2. The van der Waals surface area contributed by atoms with Crippen LogP contribution in [0.3, 0.4) is 0 Å². The number of pyridine rings is 1. The number of hydrogen-bond donors (Lipinski definition) is 0. The average Bonchev–Trinajstić information content (AvgIpc) is 3.03. The topological polar surface area (TPSA) is 17.8 Å². The summed E-state index contributed by atoms with van der Waals surface area (Å²) in [6.45, 7) is 2.08. The molecule has 3 heteroatoms. The van der Waals surface area contributed by atoms with E-state index in [1.165, 1.54) is 27.4 Å². The average molecular weight is 526 g/mol. The van der Waals surface area contributed by atoms with E-state index in [0.29, 0.717) is 0 Å². The van der Waals surface area contributed by atoms with Gasteiger partial charge in [-0.15, -0.1) is 29.8 Å². The minimum absolute atomic E-state index is 0. The Hall–Kier alpha value is -2.74. The minimum atomic E-state index is 0. The Morgan fingerprint density at radius 1 is 0.815 bits per heavy atom. The molecule has 0 saturated carbocycles. The van der Waals surface area contributed by atoms with Gasteiger partial charge in [0.25, 0.3) is 0 Å². The van der Waals surface area contributed by atoms with Gasteiger partial charge < -0.3 is 9.55 Å². The minimum Gasteiger partial charge on any atom is -0.351 e. The van der Waals surface area contributed by atoms with Crippen molar-refractivity contribution in [3.05, 3.63) is 96.7 Å². The van der Waals surface area contributed by atoms with Crippen molar-refractivity contribution in [2.75, 3.05) is 0 Å². The Bertz CT molecular complexity index is 1180. The summed E-state index contributed by atoms with van der Waals surface area (Å²) in [7, 11) is 0. The summed E-state index contributed by atoms with van der Waals surface area (Å²) in [6, 6.07) is 30.9. The predicted molar refractivity (Wildman–Crippen MR) is 108 cm³/mol. The van der Waals surface area contributed by atoms with Gasteiger partial charge in [-0.2, -0.15) is 0 Å². The quantitative estimate of drug-likeness (QED) is 0.261. The van der Waals surface area contributed by atoms with E-state index in [0.717, 1.165) is 16.9 Å². The van der Waals surface area contributed by atoms with E-state index in [1.807, 2.05) is 12.3 Å². The van der Waals surface area contributed by atoms with Crippen LogP contribution in [0.1, 0.15) is 5.56 Å². The summed E-state index contributed by atoms with van der Waals surface area (Å²) in [4.78, 5) is 4.46. The summed E-state index contributed by atoms with van der Waals surface area (Å²) in [6.07, 6.45) is 1.85. The van der Waals surface area contributed by atoms with Gasteiger partial charge in [-0.05, 0) is 36.5 Å². The third kappa shape index (κ3) is 2.99. The van der Waals surface area contributed by atoms with E-state index in [2.05, 4.69) is 95.3 Å². The van der Waals surface area contributed by atoms with Crippen LogP contribution in [0.25, 0.3) is 38.8 Å². The van der Waals surface area contributed by atoms with Gasteiger partial charge in [0.1, 0.15) is 0 Å². The molecule has 2 nitrogen and oxygen atoms in total. The van der Waals surface area contributed by atoms with E-state index in [9.17, 15) is 0 Å². The summed E-state index contributed by atoms with van der Waals surface area (Å²) in [5.74, 6) is 0. The van der Waals surface area contributed by atoms with Gasteiger partial charge in [-0.3, -0.25) is 0 Å². The molecule has 5 aromatic rings. The molecule has 1 radical (unpaired) electrons. The molecule has 0 aliphatic heterocycles. The SMILES string of the molecule is Cc1ccnc(-c2[c-]cc(-n3c4ccccc4c4ccccc43)cc2)c1.[Ir]. The first-order valence-corrected chi connectivity index (χ1v) is 8.74. The van der Waals surface area contributed by atoms with Crippen molar-refractivity contribution in [3.8, 4) is 16.9 Å². The molecule has 0 saturated heterocycles. The molecule has 0 bridgehead atoms. The van der Waals surface area contributed by atoms with Crippen LogP contribution in [0.4, 0.5) is 0 Å². The Kier molecular flexibility index (Phi) is 4.65. The molecular weight excluding hydrogens is 508 g/mol.